The molecule has 4 aliphatic carbocycles. The fourth-order valence-corrected chi connectivity index (χ4v) is 9.85. The van der Waals surface area contributed by atoms with Gasteiger partial charge in [0.2, 0.25) is 0 Å². The van der Waals surface area contributed by atoms with E-state index in [-0.39, 0.29) is 35.6 Å². The Labute approximate surface area is 254 Å². The molecule has 0 aromatic carbocycles. The summed E-state index contributed by atoms with van der Waals surface area (Å²) in [7, 11) is 0. The van der Waals surface area contributed by atoms with Crippen LogP contribution in [0.2, 0.25) is 0 Å². The average Bonchev–Trinajstić information content (AvgIpc) is 3.31. The number of carbonyl (C=O) groups is 1. The molecule has 5 fully saturated rings. The quantitative estimate of drug-likeness (QED) is 0.293. The molecule has 7 heteroatoms. The molecule has 240 valence electrons. The highest BCUT2D eigenvalue weighted by molar-refractivity contribution is 5.67. The van der Waals surface area contributed by atoms with E-state index in [9.17, 15) is 9.90 Å². The van der Waals surface area contributed by atoms with Crippen molar-refractivity contribution < 1.29 is 33.6 Å². The molecule has 0 spiro atoms. The topological polar surface area (TPSA) is 83.5 Å². The van der Waals surface area contributed by atoms with Gasteiger partial charge in [0.05, 0.1) is 12.2 Å². The lowest BCUT2D eigenvalue weighted by molar-refractivity contribution is -0.248. The summed E-state index contributed by atoms with van der Waals surface area (Å²) in [4.78, 5) is 11.6. The van der Waals surface area contributed by atoms with E-state index in [1.807, 2.05) is 13.8 Å². The van der Waals surface area contributed by atoms with E-state index in [1.54, 1.807) is 0 Å². The van der Waals surface area contributed by atoms with Crippen molar-refractivity contribution in [3.05, 3.63) is 11.6 Å². The predicted molar refractivity (Wildman–Crippen MR) is 162 cm³/mol. The van der Waals surface area contributed by atoms with E-state index >= 15 is 0 Å². The Morgan fingerprint density at radius 1 is 0.929 bits per heavy atom. The summed E-state index contributed by atoms with van der Waals surface area (Å²) in [6, 6.07) is 0. The maximum atomic E-state index is 11.6. The van der Waals surface area contributed by atoms with Gasteiger partial charge in [-0.3, -0.25) is 4.79 Å². The normalized spacial score (nSPS) is 43.2. The molecular formula is C35H58O7. The summed E-state index contributed by atoms with van der Waals surface area (Å²) in [5, 5.41) is 9.58. The van der Waals surface area contributed by atoms with Crippen LogP contribution in [0, 0.1) is 34.5 Å². The Morgan fingerprint density at radius 2 is 1.62 bits per heavy atom. The molecule has 2 saturated heterocycles. The zero-order chi connectivity index (χ0) is 29.7. The summed E-state index contributed by atoms with van der Waals surface area (Å²) < 4.78 is 30.4. The molecule has 0 aromatic rings. The summed E-state index contributed by atoms with van der Waals surface area (Å²) in [5.74, 6) is 1.49. The van der Waals surface area contributed by atoms with Gasteiger partial charge in [-0.05, 0) is 120 Å². The van der Waals surface area contributed by atoms with E-state index in [2.05, 4.69) is 19.9 Å². The number of fused-ring (bicyclic) bond motifs is 5. The molecule has 6 rings (SSSR count). The van der Waals surface area contributed by atoms with Crippen LogP contribution in [0.1, 0.15) is 118 Å². The van der Waals surface area contributed by atoms with E-state index in [1.165, 1.54) is 31.3 Å². The van der Waals surface area contributed by atoms with Gasteiger partial charge in [-0.25, -0.2) is 0 Å². The predicted octanol–water partition coefficient (Wildman–Crippen LogP) is 7.52. The van der Waals surface area contributed by atoms with Crippen molar-refractivity contribution in [1.82, 2.24) is 0 Å². The van der Waals surface area contributed by atoms with E-state index in [0.29, 0.717) is 30.1 Å². The van der Waals surface area contributed by atoms with Gasteiger partial charge in [0.1, 0.15) is 0 Å². The van der Waals surface area contributed by atoms with Crippen molar-refractivity contribution in [1.29, 1.82) is 0 Å². The summed E-state index contributed by atoms with van der Waals surface area (Å²) in [6.07, 6.45) is 17.0. The number of aliphatic carboxylic acids is 1. The molecule has 0 radical (unpaired) electrons. The van der Waals surface area contributed by atoms with Gasteiger partial charge >= 0.3 is 5.97 Å². The fraction of sp³-hybridized carbons (Fsp3) is 0.914. The minimum atomic E-state index is -0.631. The molecule has 7 nitrogen and oxygen atoms in total. The van der Waals surface area contributed by atoms with Crippen molar-refractivity contribution in [2.45, 2.75) is 142 Å². The molecule has 2 unspecified atom stereocenters. The van der Waals surface area contributed by atoms with Crippen LogP contribution in [0.3, 0.4) is 0 Å². The smallest absolute Gasteiger partial charge is 0.303 e. The largest absolute Gasteiger partial charge is 0.481 e. The third kappa shape index (κ3) is 6.80. The number of hydrogen-bond acceptors (Lipinski definition) is 6. The second-order valence-electron chi connectivity index (χ2n) is 14.2. The molecule has 1 N–H and O–H groups in total. The van der Waals surface area contributed by atoms with Crippen LogP contribution in [0.15, 0.2) is 11.6 Å². The van der Waals surface area contributed by atoms with E-state index in [0.717, 1.165) is 84.2 Å². The molecular weight excluding hydrogens is 532 g/mol. The highest BCUT2D eigenvalue weighted by atomic mass is 16.7. The van der Waals surface area contributed by atoms with Gasteiger partial charge in [-0.2, -0.15) is 0 Å². The summed E-state index contributed by atoms with van der Waals surface area (Å²) in [5.41, 5.74) is 1.68. The van der Waals surface area contributed by atoms with Crippen LogP contribution in [0.5, 0.6) is 0 Å². The van der Waals surface area contributed by atoms with Gasteiger partial charge in [0.25, 0.3) is 0 Å². The Kier molecular flexibility index (Phi) is 11.1. The first-order valence-corrected chi connectivity index (χ1v) is 17.3. The van der Waals surface area contributed by atoms with Gasteiger partial charge in [-0.15, -0.1) is 0 Å². The number of carboxylic acids is 1. The van der Waals surface area contributed by atoms with Crippen LogP contribution in [-0.4, -0.2) is 62.3 Å². The van der Waals surface area contributed by atoms with Crippen LogP contribution in [0.25, 0.3) is 0 Å². The monoisotopic (exact) mass is 590 g/mol. The van der Waals surface area contributed by atoms with Crippen LogP contribution < -0.4 is 0 Å². The zero-order valence-electron chi connectivity index (χ0n) is 26.8. The standard InChI is InChI=1S/C31H48O6.C4H10O/c1-30-14-13-25-23(24(30)12-10-20(30)18-27(32)33)11-9-21-17-22(36-28-7-3-5-15-34-28)19-26(31(21,25)2)37-29-8-4-6-16-35-29;1-3-5-4-2/h9,20,22-26,28-29H,3-8,10-19H2,1-2H3,(H,32,33);3-4H2,1-2H3/t20-,22-,23+,24+,25+,26+,28?,29?,30-,31+;/m1./s1. The molecule has 6 aliphatic rings. The summed E-state index contributed by atoms with van der Waals surface area (Å²) in [6.45, 7) is 12.2. The van der Waals surface area contributed by atoms with E-state index < -0.39 is 5.97 Å². The maximum absolute atomic E-state index is 11.6. The molecule has 0 aromatic heterocycles. The van der Waals surface area contributed by atoms with E-state index in [4.69, 9.17) is 23.7 Å². The Bertz CT molecular complexity index is 907. The van der Waals surface area contributed by atoms with Gasteiger partial charge < -0.3 is 28.8 Å². The molecule has 42 heavy (non-hydrogen) atoms. The Morgan fingerprint density at radius 3 is 2.21 bits per heavy atom. The number of allylic oxidation sites excluding steroid dienone is 1. The first-order valence-electron chi connectivity index (χ1n) is 17.3. The molecule has 2 heterocycles. The lowest BCUT2D eigenvalue weighted by Crippen LogP contribution is -2.57. The first kappa shape index (κ1) is 32.4. The minimum absolute atomic E-state index is 0.0107. The Hall–Kier alpha value is -0.990. The first-order chi connectivity index (χ1) is 20.3. The zero-order valence-corrected chi connectivity index (χ0v) is 26.8. The summed E-state index contributed by atoms with van der Waals surface area (Å²) >= 11 is 0. The third-order valence-electron chi connectivity index (χ3n) is 12.1. The van der Waals surface area contributed by atoms with Gasteiger partial charge in [-0.1, -0.05) is 25.5 Å². The van der Waals surface area contributed by atoms with Gasteiger partial charge in [0.15, 0.2) is 12.6 Å². The second kappa shape index (κ2) is 14.4. The maximum Gasteiger partial charge on any atom is 0.303 e. The minimum Gasteiger partial charge on any atom is -0.481 e. The van der Waals surface area contributed by atoms with Crippen LogP contribution in [-0.2, 0) is 28.5 Å². The Balaban J connectivity index is 0.000000652. The molecule has 0 bridgehead atoms. The SMILES string of the molecule is CCOCC.C[C@]12CC[C@H]3[C@@H](CC=C4C[C@@H](OC5CCCCO5)C[C@H](OC5CCCCO5)[C@@]43C)[C@@H]1CC[C@@H]2CC(=O)O. The fourth-order valence-electron chi connectivity index (χ4n) is 9.85. The number of hydrogen-bond donors (Lipinski definition) is 1. The van der Waals surface area contributed by atoms with Crippen molar-refractivity contribution in [2.75, 3.05) is 26.4 Å². The lowest BCUT2D eigenvalue weighted by Gasteiger charge is -2.60. The number of carboxylic acid groups (broad SMARTS) is 1. The third-order valence-corrected chi connectivity index (χ3v) is 12.1. The molecule has 2 aliphatic heterocycles. The average molecular weight is 591 g/mol. The number of ether oxygens (including phenoxy) is 5. The van der Waals surface area contributed by atoms with Crippen molar-refractivity contribution in [3.8, 4) is 0 Å². The van der Waals surface area contributed by atoms with Crippen molar-refractivity contribution in [2.24, 2.45) is 34.5 Å². The molecule has 10 atom stereocenters. The van der Waals surface area contributed by atoms with Crippen molar-refractivity contribution in [3.63, 3.8) is 0 Å². The van der Waals surface area contributed by atoms with Gasteiger partial charge in [0, 0.05) is 44.7 Å². The second-order valence-corrected chi connectivity index (χ2v) is 14.2. The number of rotatable bonds is 8. The highest BCUT2D eigenvalue weighted by Crippen LogP contribution is 2.67. The van der Waals surface area contributed by atoms with Crippen LogP contribution in [0.4, 0.5) is 0 Å². The molecule has 0 amide bonds. The molecule has 3 saturated carbocycles. The van der Waals surface area contributed by atoms with Crippen molar-refractivity contribution >= 4 is 5.97 Å². The highest BCUT2D eigenvalue weighted by Gasteiger charge is 2.61. The van der Waals surface area contributed by atoms with Crippen LogP contribution >= 0.6 is 0 Å². The lowest BCUT2D eigenvalue weighted by atomic mass is 9.46.